The summed E-state index contributed by atoms with van der Waals surface area (Å²) < 4.78 is 1.16. The first-order valence-corrected chi connectivity index (χ1v) is 6.56. The number of nitrogens with zero attached hydrogens (tertiary/aromatic N) is 1. The van der Waals surface area contributed by atoms with Crippen LogP contribution in [0, 0.1) is 12.8 Å². The van der Waals surface area contributed by atoms with Crippen molar-refractivity contribution < 1.29 is 5.11 Å². The van der Waals surface area contributed by atoms with Crippen molar-refractivity contribution >= 4 is 21.6 Å². The highest BCUT2D eigenvalue weighted by molar-refractivity contribution is 9.10. The molecule has 0 aliphatic carbocycles. The van der Waals surface area contributed by atoms with Gasteiger partial charge in [-0.2, -0.15) is 0 Å². The summed E-state index contributed by atoms with van der Waals surface area (Å²) in [5.41, 5.74) is 2.51. The number of hydrogen-bond acceptors (Lipinski definition) is 2. The third-order valence-electron chi connectivity index (χ3n) is 3.64. The summed E-state index contributed by atoms with van der Waals surface area (Å²) in [6.45, 7) is 5.63. The fraction of sp³-hybridized carbons (Fsp3) is 0.538. The predicted molar refractivity (Wildman–Crippen MR) is 70.9 cm³/mol. The second-order valence-electron chi connectivity index (χ2n) is 4.60. The van der Waals surface area contributed by atoms with Crippen LogP contribution in [-0.4, -0.2) is 24.3 Å². The average Bonchev–Trinajstić information content (AvgIpc) is 2.64. The van der Waals surface area contributed by atoms with E-state index in [1.165, 1.54) is 11.3 Å². The molecule has 2 nitrogen and oxygen atoms in total. The minimum atomic E-state index is 0.296. The molecule has 0 saturated carbocycles. The first-order valence-electron chi connectivity index (χ1n) is 5.77. The molecule has 1 aromatic carbocycles. The van der Waals surface area contributed by atoms with Crippen LogP contribution in [0.1, 0.15) is 18.9 Å². The smallest absolute Gasteiger partial charge is 0.0479 e. The molecule has 0 radical (unpaired) electrons. The Labute approximate surface area is 105 Å². The van der Waals surface area contributed by atoms with Crippen molar-refractivity contribution in [2.24, 2.45) is 5.92 Å². The Morgan fingerprint density at radius 2 is 2.25 bits per heavy atom. The van der Waals surface area contributed by atoms with Gasteiger partial charge in [-0.1, -0.05) is 22.0 Å². The van der Waals surface area contributed by atoms with Gasteiger partial charge >= 0.3 is 0 Å². The van der Waals surface area contributed by atoms with E-state index in [-0.39, 0.29) is 0 Å². The lowest BCUT2D eigenvalue weighted by Crippen LogP contribution is -2.31. The Balaban J connectivity index is 2.22. The molecule has 88 valence electrons. The van der Waals surface area contributed by atoms with Gasteiger partial charge in [0.2, 0.25) is 0 Å². The fourth-order valence-corrected chi connectivity index (χ4v) is 2.74. The topological polar surface area (TPSA) is 23.5 Å². The van der Waals surface area contributed by atoms with E-state index in [1.807, 2.05) is 0 Å². The monoisotopic (exact) mass is 283 g/mol. The van der Waals surface area contributed by atoms with Crippen molar-refractivity contribution in [3.63, 3.8) is 0 Å². The van der Waals surface area contributed by atoms with E-state index in [9.17, 15) is 5.11 Å². The van der Waals surface area contributed by atoms with Gasteiger partial charge < -0.3 is 10.0 Å². The van der Waals surface area contributed by atoms with E-state index in [2.05, 4.69) is 52.9 Å². The van der Waals surface area contributed by atoms with Gasteiger partial charge in [0.25, 0.3) is 0 Å². The minimum Gasteiger partial charge on any atom is -0.396 e. The highest BCUT2D eigenvalue weighted by Crippen LogP contribution is 2.31. The molecule has 0 bridgehead atoms. The van der Waals surface area contributed by atoms with Crippen LogP contribution < -0.4 is 4.90 Å². The van der Waals surface area contributed by atoms with Crippen LogP contribution in [0.3, 0.4) is 0 Å². The molecule has 0 aromatic heterocycles. The fourth-order valence-electron chi connectivity index (χ4n) is 2.37. The number of aryl methyl sites for hydroxylation is 1. The molecule has 2 unspecified atom stereocenters. The van der Waals surface area contributed by atoms with Crippen LogP contribution in [0.2, 0.25) is 0 Å². The number of hydrogen-bond donors (Lipinski definition) is 1. The maximum Gasteiger partial charge on any atom is 0.0479 e. The molecule has 1 fully saturated rings. The first-order chi connectivity index (χ1) is 7.63. The third kappa shape index (κ3) is 2.11. The van der Waals surface area contributed by atoms with Gasteiger partial charge in [-0.25, -0.2) is 0 Å². The Morgan fingerprint density at radius 3 is 2.81 bits per heavy atom. The maximum atomic E-state index is 9.26. The number of aliphatic hydroxyl groups is 1. The summed E-state index contributed by atoms with van der Waals surface area (Å²) >= 11 is 3.57. The van der Waals surface area contributed by atoms with Crippen LogP contribution in [-0.2, 0) is 0 Å². The lowest BCUT2D eigenvalue weighted by atomic mass is 10.0. The minimum absolute atomic E-state index is 0.296. The third-order valence-corrected chi connectivity index (χ3v) is 4.49. The molecule has 3 heteroatoms. The second kappa shape index (κ2) is 4.76. The lowest BCUT2D eigenvalue weighted by Gasteiger charge is -2.26. The molecule has 0 spiro atoms. The highest BCUT2D eigenvalue weighted by Gasteiger charge is 2.30. The number of benzene rings is 1. The van der Waals surface area contributed by atoms with E-state index in [0.29, 0.717) is 18.6 Å². The van der Waals surface area contributed by atoms with E-state index in [1.54, 1.807) is 0 Å². The summed E-state index contributed by atoms with van der Waals surface area (Å²) in [4.78, 5) is 2.38. The quantitative estimate of drug-likeness (QED) is 0.902. The van der Waals surface area contributed by atoms with Crippen molar-refractivity contribution in [3.05, 3.63) is 28.2 Å². The van der Waals surface area contributed by atoms with Gasteiger partial charge in [0, 0.05) is 35.3 Å². The zero-order valence-corrected chi connectivity index (χ0v) is 11.4. The average molecular weight is 284 g/mol. The highest BCUT2D eigenvalue weighted by atomic mass is 79.9. The Hall–Kier alpha value is -0.540. The van der Waals surface area contributed by atoms with Crippen LogP contribution in [0.15, 0.2) is 22.7 Å². The molecule has 2 atom stereocenters. The zero-order chi connectivity index (χ0) is 11.7. The van der Waals surface area contributed by atoms with Gasteiger partial charge in [0.1, 0.15) is 0 Å². The first kappa shape index (κ1) is 11.9. The molecule has 2 rings (SSSR count). The standard InChI is InChI=1S/C13H18BrNO/c1-9-3-4-12(7-13(9)14)15-6-5-11(8-16)10(15)2/h3-4,7,10-11,16H,5-6,8H2,1-2H3. The van der Waals surface area contributed by atoms with Gasteiger partial charge in [-0.3, -0.25) is 0 Å². The Bertz CT molecular complexity index is 380. The van der Waals surface area contributed by atoms with Crippen LogP contribution in [0.4, 0.5) is 5.69 Å². The summed E-state index contributed by atoms with van der Waals surface area (Å²) in [5, 5.41) is 9.26. The molecule has 1 aliphatic rings. The summed E-state index contributed by atoms with van der Waals surface area (Å²) in [7, 11) is 0. The number of halogens is 1. The van der Waals surface area contributed by atoms with Crippen LogP contribution in [0.5, 0.6) is 0 Å². The van der Waals surface area contributed by atoms with Crippen LogP contribution in [0.25, 0.3) is 0 Å². The van der Waals surface area contributed by atoms with E-state index >= 15 is 0 Å². The van der Waals surface area contributed by atoms with E-state index < -0.39 is 0 Å². The molecular formula is C13H18BrNO. The molecule has 1 aliphatic heterocycles. The molecule has 1 aromatic rings. The lowest BCUT2D eigenvalue weighted by molar-refractivity contribution is 0.221. The van der Waals surface area contributed by atoms with Crippen molar-refractivity contribution in [1.29, 1.82) is 0 Å². The summed E-state index contributed by atoms with van der Waals surface area (Å²) in [5.74, 6) is 0.417. The van der Waals surface area contributed by atoms with Gasteiger partial charge in [0.05, 0.1) is 0 Å². The molecule has 0 amide bonds. The second-order valence-corrected chi connectivity index (χ2v) is 5.45. The van der Waals surface area contributed by atoms with E-state index in [4.69, 9.17) is 0 Å². The van der Waals surface area contributed by atoms with Crippen molar-refractivity contribution in [3.8, 4) is 0 Å². The largest absolute Gasteiger partial charge is 0.396 e. The molecule has 16 heavy (non-hydrogen) atoms. The van der Waals surface area contributed by atoms with Crippen LogP contribution >= 0.6 is 15.9 Å². The zero-order valence-electron chi connectivity index (χ0n) is 9.78. The molecular weight excluding hydrogens is 266 g/mol. The van der Waals surface area contributed by atoms with Gasteiger partial charge in [-0.15, -0.1) is 0 Å². The number of rotatable bonds is 2. The van der Waals surface area contributed by atoms with Crippen molar-refractivity contribution in [2.45, 2.75) is 26.3 Å². The molecule has 1 N–H and O–H groups in total. The summed E-state index contributed by atoms with van der Waals surface area (Å²) in [6.07, 6.45) is 1.09. The van der Waals surface area contributed by atoms with Crippen molar-refractivity contribution in [1.82, 2.24) is 0 Å². The SMILES string of the molecule is Cc1ccc(N2CCC(CO)C2C)cc1Br. The van der Waals surface area contributed by atoms with Gasteiger partial charge in [0.15, 0.2) is 0 Å². The summed E-state index contributed by atoms with van der Waals surface area (Å²) in [6, 6.07) is 6.90. The van der Waals surface area contributed by atoms with Crippen molar-refractivity contribution in [2.75, 3.05) is 18.1 Å². The molecule has 1 saturated heterocycles. The molecule has 1 heterocycles. The normalized spacial score (nSPS) is 25.1. The maximum absolute atomic E-state index is 9.26. The van der Waals surface area contributed by atoms with E-state index in [0.717, 1.165) is 17.4 Å². The number of aliphatic hydroxyl groups excluding tert-OH is 1. The Morgan fingerprint density at radius 1 is 1.50 bits per heavy atom. The predicted octanol–water partition coefficient (Wildman–Crippen LogP) is 2.96. The van der Waals surface area contributed by atoms with Gasteiger partial charge in [-0.05, 0) is 38.0 Å². The number of anilines is 1. The Kier molecular flexibility index (Phi) is 3.55.